The molecule has 3 aliphatic carbocycles. The highest BCUT2D eigenvalue weighted by Gasteiger charge is 2.43. The Morgan fingerprint density at radius 3 is 1.76 bits per heavy atom. The van der Waals surface area contributed by atoms with Crippen molar-refractivity contribution in [2.45, 2.75) is 53.4 Å². The minimum absolute atomic E-state index is 0.258. The normalized spacial score (nSPS) is 16.0. The van der Waals surface area contributed by atoms with E-state index in [1.165, 1.54) is 137 Å². The van der Waals surface area contributed by atoms with Crippen molar-refractivity contribution < 1.29 is 0 Å². The van der Waals surface area contributed by atoms with Crippen LogP contribution < -0.4 is 0 Å². The molecular weight excluding hydrogens is 729 g/mol. The minimum atomic E-state index is 0.258. The molecule has 0 saturated carbocycles. The number of benzene rings is 6. The lowest BCUT2D eigenvalue weighted by atomic mass is 9.59. The maximum Gasteiger partial charge on any atom is 0.0437 e. The van der Waals surface area contributed by atoms with E-state index >= 15 is 0 Å². The summed E-state index contributed by atoms with van der Waals surface area (Å²) in [6.45, 7) is 14.0. The summed E-state index contributed by atoms with van der Waals surface area (Å²) in [6.07, 6.45) is 0. The summed E-state index contributed by atoms with van der Waals surface area (Å²) < 4.78 is 5.57. The van der Waals surface area contributed by atoms with Crippen LogP contribution in [0.5, 0.6) is 0 Å². The Hall–Kier alpha value is -4.58. The number of hydrogen-bond acceptors (Lipinski definition) is 4. The average Bonchev–Trinajstić information content (AvgIpc) is 3.90. The molecule has 2 bridgehead atoms. The molecule has 0 saturated heterocycles. The molecule has 54 heavy (non-hydrogen) atoms. The van der Waals surface area contributed by atoms with Gasteiger partial charge in [0.2, 0.25) is 0 Å². The molecule has 0 spiro atoms. The Balaban J connectivity index is 1.13. The van der Waals surface area contributed by atoms with E-state index in [1.807, 2.05) is 45.3 Å². The van der Waals surface area contributed by atoms with Gasteiger partial charge in [0.1, 0.15) is 0 Å². The van der Waals surface area contributed by atoms with E-state index in [1.54, 1.807) is 0 Å². The lowest BCUT2D eigenvalue weighted by Crippen LogP contribution is -2.29. The number of hydrogen-bond donors (Lipinski definition) is 0. The predicted molar refractivity (Wildman–Crippen MR) is 240 cm³/mol. The molecule has 6 aromatic carbocycles. The molecule has 0 aliphatic heterocycles. The molecule has 3 aliphatic rings. The molecule has 0 N–H and O–H groups in total. The first-order valence-electron chi connectivity index (χ1n) is 18.9. The van der Waals surface area contributed by atoms with Crippen LogP contribution in [0.3, 0.4) is 0 Å². The van der Waals surface area contributed by atoms with E-state index < -0.39 is 0 Å². The van der Waals surface area contributed by atoms with Crippen molar-refractivity contribution >= 4 is 96.5 Å². The minimum Gasteiger partial charge on any atom is -0.141 e. The topological polar surface area (TPSA) is 0 Å². The van der Waals surface area contributed by atoms with Crippen molar-refractivity contribution in [1.29, 1.82) is 0 Å². The molecular formula is C50H36S4. The first-order valence-corrected chi connectivity index (χ1v) is 22.2. The van der Waals surface area contributed by atoms with Gasteiger partial charge in [0.05, 0.1) is 0 Å². The van der Waals surface area contributed by atoms with Crippen molar-refractivity contribution in [2.75, 3.05) is 0 Å². The van der Waals surface area contributed by atoms with E-state index in [0.717, 1.165) is 0 Å². The SMILES string of the molecule is Cc1cc2cc3cc4sc(C)c(-c5c(C)sc6c(-c7cc(C)c8c(c7C)C7c9ccccc9C8c8ccccc87)cc7sc(C)cc7c56)c4cc3cc2s1. The molecule has 13 rings (SSSR count). The Bertz CT molecular complexity index is 3250. The van der Waals surface area contributed by atoms with Gasteiger partial charge in [-0.05, 0) is 150 Å². The third-order valence-electron chi connectivity index (χ3n) is 12.6. The Morgan fingerprint density at radius 1 is 0.444 bits per heavy atom. The third-order valence-corrected chi connectivity index (χ3v) is 16.8. The Morgan fingerprint density at radius 2 is 1.04 bits per heavy atom. The van der Waals surface area contributed by atoms with Crippen molar-refractivity contribution in [2.24, 2.45) is 0 Å². The Labute approximate surface area is 331 Å². The summed E-state index contributed by atoms with van der Waals surface area (Å²) >= 11 is 7.80. The summed E-state index contributed by atoms with van der Waals surface area (Å²) in [7, 11) is 0. The maximum absolute atomic E-state index is 2.54. The van der Waals surface area contributed by atoms with Gasteiger partial charge in [0, 0.05) is 83.0 Å². The van der Waals surface area contributed by atoms with Gasteiger partial charge >= 0.3 is 0 Å². The van der Waals surface area contributed by atoms with Crippen LogP contribution in [-0.2, 0) is 0 Å². The molecule has 4 heterocycles. The quantitative estimate of drug-likeness (QED) is 0.164. The third kappa shape index (κ3) is 4.12. The van der Waals surface area contributed by atoms with E-state index in [-0.39, 0.29) is 11.8 Å². The van der Waals surface area contributed by atoms with Gasteiger partial charge in [-0.2, -0.15) is 0 Å². The highest BCUT2D eigenvalue weighted by Crippen LogP contribution is 2.59. The van der Waals surface area contributed by atoms with Crippen LogP contribution in [0.2, 0.25) is 0 Å². The molecule has 0 fully saturated rings. The maximum atomic E-state index is 2.54. The summed E-state index contributed by atoms with van der Waals surface area (Å²) in [5, 5.41) is 8.26. The van der Waals surface area contributed by atoms with E-state index in [4.69, 9.17) is 0 Å². The largest absolute Gasteiger partial charge is 0.141 e. The van der Waals surface area contributed by atoms with Crippen LogP contribution in [0.1, 0.15) is 75.9 Å². The number of thiophene rings is 4. The van der Waals surface area contributed by atoms with Gasteiger partial charge in [-0.25, -0.2) is 0 Å². The molecule has 0 unspecified atom stereocenters. The van der Waals surface area contributed by atoms with Crippen LogP contribution >= 0.6 is 45.3 Å². The number of aryl methyl sites for hydroxylation is 5. The van der Waals surface area contributed by atoms with Crippen molar-refractivity contribution in [1.82, 2.24) is 0 Å². The van der Waals surface area contributed by atoms with Crippen LogP contribution in [0.25, 0.3) is 73.4 Å². The van der Waals surface area contributed by atoms with Gasteiger partial charge < -0.3 is 0 Å². The zero-order chi connectivity index (χ0) is 36.3. The second-order valence-electron chi connectivity index (χ2n) is 15.7. The molecule has 0 radical (unpaired) electrons. The smallest absolute Gasteiger partial charge is 0.0437 e. The lowest BCUT2D eigenvalue weighted by molar-refractivity contribution is 0.743. The van der Waals surface area contributed by atoms with Crippen molar-refractivity contribution in [3.8, 4) is 22.3 Å². The second-order valence-corrected chi connectivity index (χ2v) is 20.8. The summed E-state index contributed by atoms with van der Waals surface area (Å²) in [4.78, 5) is 5.55. The van der Waals surface area contributed by atoms with Crippen LogP contribution in [-0.4, -0.2) is 0 Å². The average molecular weight is 765 g/mol. The summed E-state index contributed by atoms with van der Waals surface area (Å²) in [5.41, 5.74) is 17.5. The van der Waals surface area contributed by atoms with Crippen molar-refractivity contribution in [3.05, 3.63) is 161 Å². The highest BCUT2D eigenvalue weighted by molar-refractivity contribution is 7.22. The van der Waals surface area contributed by atoms with Gasteiger partial charge in [-0.1, -0.05) is 54.6 Å². The predicted octanol–water partition coefficient (Wildman–Crippen LogP) is 15.9. The monoisotopic (exact) mass is 764 g/mol. The van der Waals surface area contributed by atoms with E-state index in [0.29, 0.717) is 0 Å². The molecule has 4 aromatic heterocycles. The number of fused-ring (bicyclic) bond motifs is 6. The standard InChI is InChI=1S/C50H36S4/c1-23-15-36(26(4)44-43(23)47-32-11-7-9-13-34(32)48(44)35-14-10-8-12-33(35)47)37-22-42-38(17-25(3)52-42)49-46(28(6)54-50(37)49)45-27(5)53-41-21-29-18-31-16-24(2)51-40(31)20-30(29)19-39(41)45/h7-22,47-48H,1-6H3. The summed E-state index contributed by atoms with van der Waals surface area (Å²) in [5.74, 6) is 0.544. The molecule has 0 atom stereocenters. The van der Waals surface area contributed by atoms with Gasteiger partial charge in [0.25, 0.3) is 0 Å². The summed E-state index contributed by atoms with van der Waals surface area (Å²) in [6, 6.07) is 38.1. The van der Waals surface area contributed by atoms with Crippen LogP contribution in [0.4, 0.5) is 0 Å². The molecule has 10 aromatic rings. The molecule has 0 nitrogen and oxygen atoms in total. The van der Waals surface area contributed by atoms with E-state index in [2.05, 4.69) is 139 Å². The van der Waals surface area contributed by atoms with Crippen LogP contribution in [0.15, 0.2) is 97.1 Å². The molecule has 4 heteroatoms. The Kier molecular flexibility index (Phi) is 6.47. The highest BCUT2D eigenvalue weighted by atomic mass is 32.1. The first kappa shape index (κ1) is 31.7. The molecule has 260 valence electrons. The fraction of sp³-hybridized carbons (Fsp3) is 0.160. The molecule has 0 amide bonds. The zero-order valence-corrected chi connectivity index (χ0v) is 34.3. The van der Waals surface area contributed by atoms with Gasteiger partial charge in [-0.3, -0.25) is 0 Å². The fourth-order valence-electron chi connectivity index (χ4n) is 10.5. The van der Waals surface area contributed by atoms with Gasteiger partial charge in [0.15, 0.2) is 0 Å². The van der Waals surface area contributed by atoms with Gasteiger partial charge in [-0.15, -0.1) is 45.3 Å². The van der Waals surface area contributed by atoms with Crippen molar-refractivity contribution in [3.63, 3.8) is 0 Å². The zero-order valence-electron chi connectivity index (χ0n) is 31.0. The second kappa shape index (κ2) is 11.0. The number of rotatable bonds is 2. The lowest BCUT2D eigenvalue weighted by Gasteiger charge is -2.44. The fourth-order valence-corrected chi connectivity index (χ4v) is 14.7. The van der Waals surface area contributed by atoms with Crippen LogP contribution in [0, 0.1) is 41.5 Å². The van der Waals surface area contributed by atoms with E-state index in [9.17, 15) is 0 Å². The first-order chi connectivity index (χ1) is 26.2.